The number of rotatable bonds is 9. The van der Waals surface area contributed by atoms with Gasteiger partial charge in [-0.15, -0.1) is 0 Å². The zero-order chi connectivity index (χ0) is 21.9. The number of hydrogen-bond acceptors (Lipinski definition) is 4. The van der Waals surface area contributed by atoms with Crippen LogP contribution in [-0.2, 0) is 9.59 Å². The minimum atomic E-state index is -0.173. The highest BCUT2D eigenvalue weighted by molar-refractivity contribution is 9.10. The van der Waals surface area contributed by atoms with E-state index >= 15 is 0 Å². The molecule has 0 aliphatic rings. The fourth-order valence-corrected chi connectivity index (χ4v) is 3.33. The molecule has 0 unspecified atom stereocenters. The van der Waals surface area contributed by atoms with Crippen molar-refractivity contribution in [3.63, 3.8) is 0 Å². The molecule has 0 spiro atoms. The molecule has 0 atom stereocenters. The van der Waals surface area contributed by atoms with Gasteiger partial charge >= 0.3 is 0 Å². The van der Waals surface area contributed by atoms with Crippen molar-refractivity contribution in [1.82, 2.24) is 10.9 Å². The Morgan fingerprint density at radius 3 is 1.53 bits per heavy atom. The molecule has 2 amide bonds. The van der Waals surface area contributed by atoms with Gasteiger partial charge in [-0.05, 0) is 62.1 Å². The van der Waals surface area contributed by atoms with E-state index in [1.54, 1.807) is 0 Å². The highest BCUT2D eigenvalue weighted by atomic mass is 79.9. The molecule has 0 saturated carbocycles. The van der Waals surface area contributed by atoms with Gasteiger partial charge in [0, 0.05) is 21.8 Å². The van der Waals surface area contributed by atoms with Gasteiger partial charge in [0.05, 0.1) is 11.4 Å². The lowest BCUT2D eigenvalue weighted by atomic mass is 10.1. The van der Waals surface area contributed by atoms with E-state index < -0.39 is 0 Å². The predicted octanol–water partition coefficient (Wildman–Crippen LogP) is 5.15. The van der Waals surface area contributed by atoms with E-state index in [9.17, 15) is 9.59 Å². The Bertz CT molecular complexity index is 880. The number of amides is 2. The molecule has 0 radical (unpaired) electrons. The van der Waals surface area contributed by atoms with Crippen LogP contribution in [0.3, 0.4) is 0 Å². The SMILES string of the molecule is CC(=NNC(=O)CCCCC(=O)NN=C(C)c1cccc(Br)c1)c1cccc(Br)c1. The largest absolute Gasteiger partial charge is 0.273 e. The molecule has 2 N–H and O–H groups in total. The first-order valence-corrected chi connectivity index (χ1v) is 11.1. The summed E-state index contributed by atoms with van der Waals surface area (Å²) in [5.41, 5.74) is 8.43. The van der Waals surface area contributed by atoms with Crippen LogP contribution in [0.2, 0.25) is 0 Å². The van der Waals surface area contributed by atoms with Crippen LogP contribution in [0.15, 0.2) is 67.7 Å². The molecule has 0 aromatic heterocycles. The van der Waals surface area contributed by atoms with Gasteiger partial charge in [-0.3, -0.25) is 9.59 Å². The average molecular weight is 536 g/mol. The second-order valence-corrected chi connectivity index (χ2v) is 8.52. The first kappa shape index (κ1) is 24.0. The highest BCUT2D eigenvalue weighted by Crippen LogP contribution is 2.13. The first-order chi connectivity index (χ1) is 14.3. The molecule has 0 aliphatic heterocycles. The molecular formula is C22H24Br2N4O2. The number of carbonyl (C=O) groups excluding carboxylic acids is 2. The standard InChI is InChI=1S/C22H24Br2N4O2/c1-15(17-7-5-9-19(23)13-17)25-27-21(29)11-3-4-12-22(30)28-26-16(2)18-8-6-10-20(24)14-18/h5-10,13-14H,3-4,11-12H2,1-2H3,(H,27,29)(H,28,30). The summed E-state index contributed by atoms with van der Waals surface area (Å²) in [5, 5.41) is 8.26. The fourth-order valence-electron chi connectivity index (χ4n) is 2.53. The first-order valence-electron chi connectivity index (χ1n) is 9.53. The van der Waals surface area contributed by atoms with Crippen LogP contribution < -0.4 is 10.9 Å². The Balaban J connectivity index is 1.67. The van der Waals surface area contributed by atoms with Crippen LogP contribution in [0.25, 0.3) is 0 Å². The number of benzene rings is 2. The number of unbranched alkanes of at least 4 members (excludes halogenated alkanes) is 1. The molecule has 158 valence electrons. The number of nitrogens with zero attached hydrogens (tertiary/aromatic N) is 2. The van der Waals surface area contributed by atoms with Crippen molar-refractivity contribution < 1.29 is 9.59 Å². The summed E-state index contributed by atoms with van der Waals surface area (Å²) in [7, 11) is 0. The van der Waals surface area contributed by atoms with Gasteiger partial charge in [0.2, 0.25) is 11.8 Å². The minimum Gasteiger partial charge on any atom is -0.273 e. The van der Waals surface area contributed by atoms with Crippen LogP contribution >= 0.6 is 31.9 Å². The van der Waals surface area contributed by atoms with E-state index in [1.807, 2.05) is 62.4 Å². The monoisotopic (exact) mass is 534 g/mol. The van der Waals surface area contributed by atoms with Crippen LogP contribution in [0.5, 0.6) is 0 Å². The molecule has 8 heteroatoms. The Morgan fingerprint density at radius 2 is 1.17 bits per heavy atom. The van der Waals surface area contributed by atoms with Gasteiger partial charge in [0.25, 0.3) is 0 Å². The molecule has 2 aromatic carbocycles. The molecule has 0 bridgehead atoms. The zero-order valence-corrected chi connectivity index (χ0v) is 20.1. The topological polar surface area (TPSA) is 82.9 Å². The third-order valence-electron chi connectivity index (χ3n) is 4.24. The van der Waals surface area contributed by atoms with Crippen molar-refractivity contribution in [2.45, 2.75) is 39.5 Å². The summed E-state index contributed by atoms with van der Waals surface area (Å²) in [6.07, 6.45) is 1.81. The lowest BCUT2D eigenvalue weighted by Crippen LogP contribution is -2.20. The fraction of sp³-hybridized carbons (Fsp3) is 0.273. The van der Waals surface area contributed by atoms with Gasteiger partial charge in [-0.25, -0.2) is 10.9 Å². The third-order valence-corrected chi connectivity index (χ3v) is 5.23. The van der Waals surface area contributed by atoms with Crippen molar-refractivity contribution >= 4 is 55.1 Å². The third kappa shape index (κ3) is 8.59. The Labute approximate surface area is 193 Å². The van der Waals surface area contributed by atoms with Gasteiger partial charge in [0.15, 0.2) is 0 Å². The number of hydrazone groups is 2. The Morgan fingerprint density at radius 1 is 0.767 bits per heavy atom. The predicted molar refractivity (Wildman–Crippen MR) is 127 cm³/mol. The molecular weight excluding hydrogens is 512 g/mol. The lowest BCUT2D eigenvalue weighted by molar-refractivity contribution is -0.123. The van der Waals surface area contributed by atoms with Crippen molar-refractivity contribution in [3.05, 3.63) is 68.6 Å². The summed E-state index contributed by atoms with van der Waals surface area (Å²) >= 11 is 6.83. The number of hydrogen-bond donors (Lipinski definition) is 2. The van der Waals surface area contributed by atoms with E-state index in [4.69, 9.17) is 0 Å². The molecule has 30 heavy (non-hydrogen) atoms. The average Bonchev–Trinajstić information content (AvgIpc) is 2.73. The van der Waals surface area contributed by atoms with Crippen molar-refractivity contribution in [1.29, 1.82) is 0 Å². The van der Waals surface area contributed by atoms with Crippen LogP contribution in [0.4, 0.5) is 0 Å². The second-order valence-electron chi connectivity index (χ2n) is 6.69. The maximum absolute atomic E-state index is 11.9. The molecule has 2 rings (SSSR count). The van der Waals surface area contributed by atoms with Crippen LogP contribution in [-0.4, -0.2) is 23.2 Å². The minimum absolute atomic E-state index is 0.173. The van der Waals surface area contributed by atoms with E-state index in [0.29, 0.717) is 25.7 Å². The van der Waals surface area contributed by atoms with Gasteiger partial charge in [-0.1, -0.05) is 56.1 Å². The summed E-state index contributed by atoms with van der Waals surface area (Å²) < 4.78 is 1.91. The molecule has 2 aromatic rings. The maximum Gasteiger partial charge on any atom is 0.240 e. The Kier molecular flexibility index (Phi) is 9.89. The van der Waals surface area contributed by atoms with Gasteiger partial charge in [-0.2, -0.15) is 10.2 Å². The van der Waals surface area contributed by atoms with E-state index in [-0.39, 0.29) is 11.8 Å². The van der Waals surface area contributed by atoms with Crippen molar-refractivity contribution in [2.75, 3.05) is 0 Å². The summed E-state index contributed by atoms with van der Waals surface area (Å²) in [5.74, 6) is -0.346. The van der Waals surface area contributed by atoms with Gasteiger partial charge < -0.3 is 0 Å². The van der Waals surface area contributed by atoms with Crippen molar-refractivity contribution in [2.24, 2.45) is 10.2 Å². The number of carbonyl (C=O) groups is 2. The molecule has 0 saturated heterocycles. The second kappa shape index (κ2) is 12.4. The normalized spacial score (nSPS) is 11.9. The summed E-state index contributed by atoms with van der Waals surface area (Å²) in [6.45, 7) is 3.67. The number of nitrogens with one attached hydrogen (secondary N) is 2. The highest BCUT2D eigenvalue weighted by Gasteiger charge is 2.05. The molecule has 0 heterocycles. The zero-order valence-electron chi connectivity index (χ0n) is 16.9. The summed E-state index contributed by atoms with van der Waals surface area (Å²) in [4.78, 5) is 23.9. The molecule has 0 fully saturated rings. The van der Waals surface area contributed by atoms with Crippen LogP contribution in [0, 0.1) is 0 Å². The summed E-state index contributed by atoms with van der Waals surface area (Å²) in [6, 6.07) is 15.4. The Hall–Kier alpha value is -2.32. The maximum atomic E-state index is 11.9. The van der Waals surface area contributed by atoms with Crippen molar-refractivity contribution in [3.8, 4) is 0 Å². The van der Waals surface area contributed by atoms with E-state index in [0.717, 1.165) is 31.5 Å². The smallest absolute Gasteiger partial charge is 0.240 e. The molecule has 0 aliphatic carbocycles. The lowest BCUT2D eigenvalue weighted by Gasteiger charge is -2.05. The van der Waals surface area contributed by atoms with E-state index in [2.05, 4.69) is 52.9 Å². The van der Waals surface area contributed by atoms with Crippen LogP contribution in [0.1, 0.15) is 50.7 Å². The van der Waals surface area contributed by atoms with Gasteiger partial charge in [0.1, 0.15) is 0 Å². The number of halogens is 2. The molecule has 6 nitrogen and oxygen atoms in total. The van der Waals surface area contributed by atoms with E-state index in [1.165, 1.54) is 0 Å². The quantitative estimate of drug-likeness (QED) is 0.264.